The van der Waals surface area contributed by atoms with Gasteiger partial charge in [0.05, 0.1) is 12.7 Å². The van der Waals surface area contributed by atoms with Crippen molar-refractivity contribution in [3.63, 3.8) is 0 Å². The van der Waals surface area contributed by atoms with Crippen molar-refractivity contribution in [2.45, 2.75) is 51.0 Å². The number of carbonyl (C=O) groups excluding carboxylic acids is 2. The Morgan fingerprint density at radius 3 is 2.84 bits per heavy atom. The maximum Gasteiger partial charge on any atom is 0.257 e. The lowest BCUT2D eigenvalue weighted by atomic mass is 10.0. The number of benzene rings is 1. The number of hydrogen-bond donors (Lipinski definition) is 0. The van der Waals surface area contributed by atoms with Gasteiger partial charge in [0.25, 0.3) is 5.91 Å². The van der Waals surface area contributed by atoms with Crippen LogP contribution in [0, 0.1) is 0 Å². The van der Waals surface area contributed by atoms with Crippen LogP contribution in [-0.2, 0) is 11.2 Å². The van der Waals surface area contributed by atoms with E-state index in [1.165, 1.54) is 7.11 Å². The first-order chi connectivity index (χ1) is 15.0. The van der Waals surface area contributed by atoms with E-state index in [0.717, 1.165) is 25.7 Å². The molecule has 1 aliphatic heterocycles. The third-order valence-electron chi connectivity index (χ3n) is 5.91. The molecule has 1 saturated carbocycles. The number of piperidine rings is 1. The Balaban J connectivity index is 1.42. The molecular formula is C22H27ClN4O4. The smallest absolute Gasteiger partial charge is 0.257 e. The number of halogens is 1. The number of nitrogens with zero attached hydrogens (tertiary/aromatic N) is 4. The molecule has 4 rings (SSSR count). The largest absolute Gasteiger partial charge is 0.496 e. The van der Waals surface area contributed by atoms with Crippen LogP contribution in [0.5, 0.6) is 5.75 Å². The molecule has 9 heteroatoms. The van der Waals surface area contributed by atoms with E-state index in [-0.39, 0.29) is 17.9 Å². The highest BCUT2D eigenvalue weighted by Gasteiger charge is 2.32. The highest BCUT2D eigenvalue weighted by molar-refractivity contribution is 6.30. The molecular weight excluding hydrogens is 420 g/mol. The van der Waals surface area contributed by atoms with Crippen molar-refractivity contribution < 1.29 is 18.8 Å². The third-order valence-corrected chi connectivity index (χ3v) is 6.14. The highest BCUT2D eigenvalue weighted by atomic mass is 35.5. The molecule has 1 unspecified atom stereocenters. The van der Waals surface area contributed by atoms with Gasteiger partial charge in [-0.3, -0.25) is 9.59 Å². The molecule has 2 heterocycles. The minimum Gasteiger partial charge on any atom is -0.496 e. The van der Waals surface area contributed by atoms with Crippen LogP contribution in [0.3, 0.4) is 0 Å². The van der Waals surface area contributed by atoms with E-state index in [2.05, 4.69) is 10.1 Å². The fourth-order valence-corrected chi connectivity index (χ4v) is 4.25. The molecule has 0 radical (unpaired) electrons. The molecule has 1 atom stereocenters. The number of methoxy groups -OCH3 is 1. The summed E-state index contributed by atoms with van der Waals surface area (Å²) >= 11 is 6.03. The minimum atomic E-state index is -0.117. The maximum atomic E-state index is 13.1. The summed E-state index contributed by atoms with van der Waals surface area (Å²) in [5, 5.41) is 4.56. The fourth-order valence-electron chi connectivity index (χ4n) is 4.09. The Bertz CT molecular complexity index is 959. The van der Waals surface area contributed by atoms with E-state index < -0.39 is 0 Å². The van der Waals surface area contributed by atoms with Gasteiger partial charge in [-0.1, -0.05) is 16.8 Å². The summed E-state index contributed by atoms with van der Waals surface area (Å²) in [7, 11) is 1.52. The molecule has 166 valence electrons. The van der Waals surface area contributed by atoms with Crippen molar-refractivity contribution in [1.29, 1.82) is 0 Å². The van der Waals surface area contributed by atoms with E-state index in [1.54, 1.807) is 30.0 Å². The van der Waals surface area contributed by atoms with Gasteiger partial charge in [-0.05, 0) is 43.9 Å². The molecule has 31 heavy (non-hydrogen) atoms. The van der Waals surface area contributed by atoms with Crippen LogP contribution in [0.1, 0.15) is 60.6 Å². The van der Waals surface area contributed by atoms with Crippen LogP contribution in [-0.4, -0.2) is 64.5 Å². The zero-order valence-electron chi connectivity index (χ0n) is 17.8. The molecule has 8 nitrogen and oxygen atoms in total. The van der Waals surface area contributed by atoms with E-state index in [9.17, 15) is 9.59 Å². The number of carbonyl (C=O) groups is 2. The average molecular weight is 447 g/mol. The number of likely N-dealkylation sites (tertiary alicyclic amines) is 1. The summed E-state index contributed by atoms with van der Waals surface area (Å²) in [6.07, 6.45) is 4.41. The Morgan fingerprint density at radius 1 is 1.32 bits per heavy atom. The second-order valence-corrected chi connectivity index (χ2v) is 8.61. The van der Waals surface area contributed by atoms with Gasteiger partial charge in [0.2, 0.25) is 11.8 Å². The lowest BCUT2D eigenvalue weighted by Crippen LogP contribution is -2.51. The molecule has 1 aromatic carbocycles. The van der Waals surface area contributed by atoms with Crippen LogP contribution < -0.4 is 4.74 Å². The van der Waals surface area contributed by atoms with Crippen molar-refractivity contribution in [3.05, 3.63) is 40.5 Å². The normalized spacial score (nSPS) is 18.7. The fraction of sp³-hybridized carbons (Fsp3) is 0.545. The summed E-state index contributed by atoms with van der Waals surface area (Å²) in [6, 6.07) is 4.95. The van der Waals surface area contributed by atoms with Gasteiger partial charge in [-0.15, -0.1) is 0 Å². The van der Waals surface area contributed by atoms with Gasteiger partial charge in [0.1, 0.15) is 5.75 Å². The SMILES string of the molecule is COc1cc(Cl)ccc1C(=O)N1CCCC(N(CCc2noc(C3CC3)n2)C(C)=O)C1. The van der Waals surface area contributed by atoms with Gasteiger partial charge in [0.15, 0.2) is 5.82 Å². The molecule has 1 saturated heterocycles. The molecule has 2 amide bonds. The minimum absolute atomic E-state index is 0.0192. The van der Waals surface area contributed by atoms with Crippen molar-refractivity contribution in [2.24, 2.45) is 0 Å². The summed E-state index contributed by atoms with van der Waals surface area (Å²) in [5.74, 6) is 2.06. The van der Waals surface area contributed by atoms with E-state index in [0.29, 0.717) is 60.0 Å². The van der Waals surface area contributed by atoms with Crippen LogP contribution in [0.2, 0.25) is 5.02 Å². The van der Waals surface area contributed by atoms with Gasteiger partial charge in [0, 0.05) is 50.0 Å². The predicted molar refractivity (Wildman–Crippen MR) is 114 cm³/mol. The van der Waals surface area contributed by atoms with Gasteiger partial charge >= 0.3 is 0 Å². The summed E-state index contributed by atoms with van der Waals surface area (Å²) in [6.45, 7) is 3.18. The zero-order valence-corrected chi connectivity index (χ0v) is 18.6. The monoisotopic (exact) mass is 446 g/mol. The lowest BCUT2D eigenvalue weighted by Gasteiger charge is -2.39. The average Bonchev–Trinajstić information content (AvgIpc) is 3.51. The molecule has 0 bridgehead atoms. The highest BCUT2D eigenvalue weighted by Crippen LogP contribution is 2.38. The first-order valence-corrected chi connectivity index (χ1v) is 11.1. The number of hydrogen-bond acceptors (Lipinski definition) is 6. The molecule has 0 N–H and O–H groups in total. The first kappa shape index (κ1) is 21.6. The van der Waals surface area contributed by atoms with Crippen LogP contribution in [0.15, 0.2) is 22.7 Å². The quantitative estimate of drug-likeness (QED) is 0.648. The lowest BCUT2D eigenvalue weighted by molar-refractivity contribution is -0.132. The van der Waals surface area contributed by atoms with Crippen molar-refractivity contribution >= 4 is 23.4 Å². The summed E-state index contributed by atoms with van der Waals surface area (Å²) in [4.78, 5) is 33.6. The molecule has 0 spiro atoms. The summed E-state index contributed by atoms with van der Waals surface area (Å²) < 4.78 is 10.7. The first-order valence-electron chi connectivity index (χ1n) is 10.7. The molecule has 1 aromatic heterocycles. The zero-order chi connectivity index (χ0) is 22.0. The standard InChI is InChI=1S/C22H27ClN4O4/c1-14(28)27(11-9-20-24-21(31-25-20)15-5-6-15)17-4-3-10-26(13-17)22(29)18-8-7-16(23)12-19(18)30-2/h7-8,12,15,17H,3-6,9-11,13H2,1-2H3. The number of aromatic nitrogens is 2. The van der Waals surface area contributed by atoms with Crippen molar-refractivity contribution in [3.8, 4) is 5.75 Å². The van der Waals surface area contributed by atoms with E-state index >= 15 is 0 Å². The van der Waals surface area contributed by atoms with Crippen molar-refractivity contribution in [1.82, 2.24) is 19.9 Å². The Kier molecular flexibility index (Phi) is 6.46. The Labute approximate surface area is 186 Å². The van der Waals surface area contributed by atoms with Crippen LogP contribution in [0.4, 0.5) is 0 Å². The number of rotatable bonds is 7. The van der Waals surface area contributed by atoms with Gasteiger partial charge < -0.3 is 19.1 Å². The van der Waals surface area contributed by atoms with Gasteiger partial charge in [-0.25, -0.2) is 0 Å². The molecule has 2 aliphatic rings. The topological polar surface area (TPSA) is 88.8 Å². The molecule has 1 aliphatic carbocycles. The number of ether oxygens (including phenoxy) is 1. The van der Waals surface area contributed by atoms with E-state index in [1.807, 2.05) is 4.90 Å². The van der Waals surface area contributed by atoms with Gasteiger partial charge in [-0.2, -0.15) is 4.98 Å². The third kappa shape index (κ3) is 5.01. The predicted octanol–water partition coefficient (Wildman–Crippen LogP) is 3.30. The Morgan fingerprint density at radius 2 is 2.13 bits per heavy atom. The Hall–Kier alpha value is -2.61. The summed E-state index contributed by atoms with van der Waals surface area (Å²) in [5.41, 5.74) is 0.473. The number of amides is 2. The second kappa shape index (κ2) is 9.26. The van der Waals surface area contributed by atoms with Crippen LogP contribution in [0.25, 0.3) is 0 Å². The molecule has 2 aromatic rings. The van der Waals surface area contributed by atoms with Crippen LogP contribution >= 0.6 is 11.6 Å². The second-order valence-electron chi connectivity index (χ2n) is 8.18. The molecule has 2 fully saturated rings. The van der Waals surface area contributed by atoms with Crippen molar-refractivity contribution in [2.75, 3.05) is 26.7 Å². The maximum absolute atomic E-state index is 13.1. The van der Waals surface area contributed by atoms with E-state index in [4.69, 9.17) is 20.9 Å².